The molecule has 0 saturated heterocycles. The number of allylic oxidation sites excluding steroid dienone is 6. The topological polar surface area (TPSA) is 169 Å². The quantitative estimate of drug-likeness (QED) is 0.0205. The highest BCUT2D eigenvalue weighted by Gasteiger charge is 2.28. The maximum Gasteiger partial charge on any atom is 0.472 e. The van der Waals surface area contributed by atoms with Crippen molar-refractivity contribution in [3.05, 3.63) is 36.5 Å². The number of hydrogen-bond acceptors (Lipinski definition) is 8. The van der Waals surface area contributed by atoms with Crippen molar-refractivity contribution in [3.8, 4) is 0 Å². The van der Waals surface area contributed by atoms with Crippen LogP contribution in [0.25, 0.3) is 0 Å². The van der Waals surface area contributed by atoms with Crippen molar-refractivity contribution in [2.45, 2.75) is 187 Å². The van der Waals surface area contributed by atoms with Crippen LogP contribution >= 0.6 is 7.82 Å². The molecule has 0 aromatic rings. The Bertz CT molecular complexity index is 1050. The molecule has 0 rings (SSSR count). The summed E-state index contributed by atoms with van der Waals surface area (Å²) < 4.78 is 26.7. The number of carboxylic acid groups (broad SMARTS) is 1. The molecule has 0 aromatic heterocycles. The van der Waals surface area contributed by atoms with Crippen LogP contribution in [0.4, 0.5) is 0 Å². The first kappa shape index (κ1) is 50.7. The van der Waals surface area contributed by atoms with E-state index in [4.69, 9.17) is 13.8 Å². The van der Waals surface area contributed by atoms with E-state index in [1.54, 1.807) is 0 Å². The highest BCUT2D eigenvalue weighted by atomic mass is 31.2. The van der Waals surface area contributed by atoms with E-state index in [9.17, 15) is 34.1 Å². The summed E-state index contributed by atoms with van der Waals surface area (Å²) in [5.74, 6) is -2.39. The Morgan fingerprint density at radius 1 is 0.604 bits per heavy atom. The van der Waals surface area contributed by atoms with E-state index >= 15 is 0 Å². The van der Waals surface area contributed by atoms with Crippen LogP contribution < -0.4 is 5.32 Å². The number of unbranched alkanes of at least 4 members (excludes halogenated alkanes) is 18. The zero-order valence-corrected chi connectivity index (χ0v) is 34.0. The number of carboxylic acids is 1. The lowest BCUT2D eigenvalue weighted by molar-refractivity contribution is -0.147. The standard InChI is InChI=1S/C41H74NO10P/c1-3-5-7-9-11-13-14-15-16-17-18-19-20-21-22-23-24-25-26-28-30-32-39(44)42-38(41(46)47)36-52-53(48,49)51-35-37(43)34-50-40(45)33-31-29-27-12-10-8-6-4-2/h11,13,15-16,18-19,37-38,43H,3-10,12,14,17,20-36H2,1-2H3,(H,42,44)(H,46,47)(H,48,49)/b13-11-,16-15-,19-18-. The van der Waals surface area contributed by atoms with Crippen molar-refractivity contribution in [2.24, 2.45) is 0 Å². The summed E-state index contributed by atoms with van der Waals surface area (Å²) in [6, 6.07) is -1.55. The number of aliphatic hydroxyl groups excluding tert-OH is 1. The molecule has 0 aromatic carbocycles. The number of hydrogen-bond donors (Lipinski definition) is 4. The Labute approximate surface area is 321 Å². The van der Waals surface area contributed by atoms with E-state index in [-0.39, 0.29) is 12.8 Å². The first-order valence-corrected chi connectivity index (χ1v) is 22.0. The third-order valence-electron chi connectivity index (χ3n) is 8.68. The van der Waals surface area contributed by atoms with Gasteiger partial charge in [-0.25, -0.2) is 9.36 Å². The van der Waals surface area contributed by atoms with Gasteiger partial charge in [-0.3, -0.25) is 18.6 Å². The molecule has 12 heteroatoms. The maximum atomic E-state index is 12.3. The van der Waals surface area contributed by atoms with Gasteiger partial charge in [0, 0.05) is 12.8 Å². The predicted octanol–water partition coefficient (Wildman–Crippen LogP) is 10.1. The first-order chi connectivity index (χ1) is 25.6. The molecular weight excluding hydrogens is 697 g/mol. The summed E-state index contributed by atoms with van der Waals surface area (Å²) >= 11 is 0. The second-order valence-electron chi connectivity index (χ2n) is 13.8. The van der Waals surface area contributed by atoms with Crippen LogP contribution in [0, 0.1) is 0 Å². The molecule has 0 heterocycles. The van der Waals surface area contributed by atoms with Crippen LogP contribution in [0.15, 0.2) is 36.5 Å². The van der Waals surface area contributed by atoms with Gasteiger partial charge in [0.05, 0.1) is 13.2 Å². The van der Waals surface area contributed by atoms with Crippen molar-refractivity contribution in [1.82, 2.24) is 5.32 Å². The summed E-state index contributed by atoms with van der Waals surface area (Å²) in [5, 5.41) is 21.7. The zero-order valence-electron chi connectivity index (χ0n) is 33.1. The number of ether oxygens (including phenoxy) is 1. The number of rotatable bonds is 38. The van der Waals surface area contributed by atoms with Crippen molar-refractivity contribution < 1.29 is 47.8 Å². The highest BCUT2D eigenvalue weighted by molar-refractivity contribution is 7.47. The SMILES string of the molecule is CCCCC/C=C\C/C=C\C/C=C\CCCCCCCCCCC(=O)NC(COP(=O)(O)OCC(O)COC(=O)CCCCCCCCCC)C(=O)O. The van der Waals surface area contributed by atoms with Crippen LogP contribution in [0.3, 0.4) is 0 Å². The Kier molecular flexibility index (Phi) is 35.1. The van der Waals surface area contributed by atoms with Gasteiger partial charge in [-0.1, -0.05) is 147 Å². The smallest absolute Gasteiger partial charge is 0.472 e. The molecule has 3 atom stereocenters. The van der Waals surface area contributed by atoms with Gasteiger partial charge in [-0.15, -0.1) is 0 Å². The van der Waals surface area contributed by atoms with Crippen molar-refractivity contribution in [3.63, 3.8) is 0 Å². The summed E-state index contributed by atoms with van der Waals surface area (Å²) in [7, 11) is -4.75. The monoisotopic (exact) mass is 772 g/mol. The van der Waals surface area contributed by atoms with E-state index in [2.05, 4.69) is 55.6 Å². The lowest BCUT2D eigenvalue weighted by Gasteiger charge is -2.18. The van der Waals surface area contributed by atoms with Gasteiger partial charge in [-0.05, 0) is 51.4 Å². The summed E-state index contributed by atoms with van der Waals surface area (Å²) in [5.41, 5.74) is 0. The number of phosphoric acid groups is 1. The molecule has 0 radical (unpaired) electrons. The Hall–Kier alpha value is -2.30. The molecular formula is C41H74NO10P. The van der Waals surface area contributed by atoms with E-state index < -0.39 is 57.6 Å². The van der Waals surface area contributed by atoms with Crippen molar-refractivity contribution in [1.29, 1.82) is 0 Å². The van der Waals surface area contributed by atoms with Gasteiger partial charge >= 0.3 is 19.8 Å². The molecule has 0 fully saturated rings. The van der Waals surface area contributed by atoms with Gasteiger partial charge in [0.1, 0.15) is 12.7 Å². The van der Waals surface area contributed by atoms with Gasteiger partial charge in [0.15, 0.2) is 6.04 Å². The van der Waals surface area contributed by atoms with E-state index in [1.165, 1.54) is 70.6 Å². The summed E-state index contributed by atoms with van der Waals surface area (Å²) in [6.07, 6.45) is 37.6. The molecule has 0 aliphatic heterocycles. The van der Waals surface area contributed by atoms with Gasteiger partial charge < -0.3 is 25.2 Å². The number of carbonyl (C=O) groups is 3. The molecule has 53 heavy (non-hydrogen) atoms. The lowest BCUT2D eigenvalue weighted by Crippen LogP contribution is -2.43. The second-order valence-corrected chi connectivity index (χ2v) is 15.3. The summed E-state index contributed by atoms with van der Waals surface area (Å²) in [4.78, 5) is 45.7. The number of aliphatic carboxylic acids is 1. The van der Waals surface area contributed by atoms with Gasteiger partial charge in [-0.2, -0.15) is 0 Å². The first-order valence-electron chi connectivity index (χ1n) is 20.5. The van der Waals surface area contributed by atoms with Crippen molar-refractivity contribution >= 4 is 25.7 Å². The van der Waals surface area contributed by atoms with Crippen molar-refractivity contribution in [2.75, 3.05) is 19.8 Å². The van der Waals surface area contributed by atoms with E-state index in [0.717, 1.165) is 64.2 Å². The Balaban J connectivity index is 3.92. The van der Waals surface area contributed by atoms with E-state index in [0.29, 0.717) is 12.8 Å². The van der Waals surface area contributed by atoms with Crippen LogP contribution in [0.2, 0.25) is 0 Å². The fourth-order valence-corrected chi connectivity index (χ4v) is 6.21. The predicted molar refractivity (Wildman–Crippen MR) is 212 cm³/mol. The molecule has 0 saturated carbocycles. The Morgan fingerprint density at radius 3 is 1.58 bits per heavy atom. The molecule has 11 nitrogen and oxygen atoms in total. The number of aliphatic hydroxyl groups is 1. The van der Waals surface area contributed by atoms with Gasteiger partial charge in [0.25, 0.3) is 0 Å². The van der Waals surface area contributed by atoms with Crippen LogP contribution in [-0.2, 0) is 32.7 Å². The third kappa shape index (κ3) is 36.4. The van der Waals surface area contributed by atoms with E-state index in [1.807, 2.05) is 0 Å². The largest absolute Gasteiger partial charge is 0.480 e. The second kappa shape index (κ2) is 36.7. The average Bonchev–Trinajstić information content (AvgIpc) is 3.13. The average molecular weight is 772 g/mol. The van der Waals surface area contributed by atoms with Crippen LogP contribution in [-0.4, -0.2) is 64.9 Å². The number of phosphoric ester groups is 1. The molecule has 0 spiro atoms. The number of nitrogens with one attached hydrogen (secondary N) is 1. The molecule has 0 aliphatic carbocycles. The van der Waals surface area contributed by atoms with Gasteiger partial charge in [0.2, 0.25) is 5.91 Å². The summed E-state index contributed by atoms with van der Waals surface area (Å²) in [6.45, 7) is 2.51. The molecule has 0 bridgehead atoms. The number of esters is 1. The molecule has 3 unspecified atom stereocenters. The van der Waals surface area contributed by atoms with Crippen LogP contribution in [0.5, 0.6) is 0 Å². The molecule has 4 N–H and O–H groups in total. The fraction of sp³-hybridized carbons (Fsp3) is 0.780. The number of amides is 1. The zero-order chi connectivity index (χ0) is 39.3. The fourth-order valence-electron chi connectivity index (χ4n) is 5.44. The normalized spacial score (nSPS) is 14.2. The molecule has 1 amide bonds. The minimum absolute atomic E-state index is 0.137. The maximum absolute atomic E-state index is 12.3. The minimum Gasteiger partial charge on any atom is -0.480 e. The lowest BCUT2D eigenvalue weighted by atomic mass is 10.1. The highest BCUT2D eigenvalue weighted by Crippen LogP contribution is 2.43. The Morgan fingerprint density at radius 2 is 1.04 bits per heavy atom. The molecule has 308 valence electrons. The number of carbonyl (C=O) groups excluding carboxylic acids is 2. The third-order valence-corrected chi connectivity index (χ3v) is 9.63. The molecule has 0 aliphatic rings. The van der Waals surface area contributed by atoms with Crippen LogP contribution in [0.1, 0.15) is 174 Å². The minimum atomic E-state index is -4.75.